The third-order valence-corrected chi connectivity index (χ3v) is 2.32. The van der Waals surface area contributed by atoms with Crippen molar-refractivity contribution in [3.05, 3.63) is 0 Å². The lowest BCUT2D eigenvalue weighted by Crippen LogP contribution is -2.13. The molecule has 0 aliphatic carbocycles. The first kappa shape index (κ1) is 5.32. The van der Waals surface area contributed by atoms with Crippen LogP contribution in [0.2, 0.25) is 0 Å². The van der Waals surface area contributed by atoms with Crippen molar-refractivity contribution in [2.24, 2.45) is 5.92 Å². The lowest BCUT2D eigenvalue weighted by Gasteiger charge is -2.10. The van der Waals surface area contributed by atoms with Crippen molar-refractivity contribution in [3.63, 3.8) is 0 Å². The van der Waals surface area contributed by atoms with Crippen LogP contribution in [0.4, 0.5) is 0 Å². The molecule has 3 atom stereocenters. The molecule has 0 spiro atoms. The summed E-state index contributed by atoms with van der Waals surface area (Å²) in [5, 5.41) is 0. The first-order valence-electron chi connectivity index (χ1n) is 3.52. The first-order chi connectivity index (χ1) is 4.40. The zero-order valence-electron chi connectivity index (χ0n) is 5.34. The van der Waals surface area contributed by atoms with E-state index in [0.29, 0.717) is 18.1 Å². The molecule has 2 rings (SSSR count). The standard InChI is InChI=1S/C8H10O/c1-2-6-5-7-3-4-8(6)9-7/h1,6-8H,3-5H2/t6-,7+,8+/m0/s1. The SMILES string of the molecule is C#C[C@H]1C[C@H]2CC[C@H]1O2. The Balaban J connectivity index is 2.12. The van der Waals surface area contributed by atoms with Crippen LogP contribution in [0.5, 0.6) is 0 Å². The van der Waals surface area contributed by atoms with Crippen molar-refractivity contribution in [3.8, 4) is 12.3 Å². The average molecular weight is 122 g/mol. The van der Waals surface area contributed by atoms with Crippen molar-refractivity contribution in [2.75, 3.05) is 0 Å². The molecule has 48 valence electrons. The molecule has 0 aromatic rings. The predicted molar refractivity (Wildman–Crippen MR) is 34.8 cm³/mol. The molecular weight excluding hydrogens is 112 g/mol. The highest BCUT2D eigenvalue weighted by atomic mass is 16.5. The molecule has 0 aromatic carbocycles. The van der Waals surface area contributed by atoms with Crippen LogP contribution < -0.4 is 0 Å². The highest BCUT2D eigenvalue weighted by molar-refractivity contribution is 5.04. The Kier molecular flexibility index (Phi) is 1.03. The molecule has 0 radical (unpaired) electrons. The zero-order valence-corrected chi connectivity index (χ0v) is 5.34. The van der Waals surface area contributed by atoms with E-state index < -0.39 is 0 Å². The largest absolute Gasteiger partial charge is 0.374 e. The number of hydrogen-bond donors (Lipinski definition) is 0. The third kappa shape index (κ3) is 0.668. The van der Waals surface area contributed by atoms with E-state index in [9.17, 15) is 0 Å². The van der Waals surface area contributed by atoms with Gasteiger partial charge in [0.15, 0.2) is 0 Å². The van der Waals surface area contributed by atoms with Crippen molar-refractivity contribution >= 4 is 0 Å². The molecule has 0 unspecified atom stereocenters. The second-order valence-corrected chi connectivity index (χ2v) is 2.88. The van der Waals surface area contributed by atoms with Gasteiger partial charge in [-0.3, -0.25) is 0 Å². The summed E-state index contributed by atoms with van der Waals surface area (Å²) in [5.74, 6) is 3.20. The van der Waals surface area contributed by atoms with Crippen LogP contribution in [0.1, 0.15) is 19.3 Å². The van der Waals surface area contributed by atoms with Crippen LogP contribution in [-0.4, -0.2) is 12.2 Å². The zero-order chi connectivity index (χ0) is 6.27. The highest BCUT2D eigenvalue weighted by Crippen LogP contribution is 2.37. The Labute approximate surface area is 55.4 Å². The Morgan fingerprint density at radius 1 is 1.44 bits per heavy atom. The molecule has 2 aliphatic rings. The van der Waals surface area contributed by atoms with Crippen molar-refractivity contribution in [1.82, 2.24) is 0 Å². The maximum Gasteiger partial charge on any atom is 0.0718 e. The minimum atomic E-state index is 0.417. The summed E-state index contributed by atoms with van der Waals surface area (Å²) in [6.07, 6.45) is 9.76. The van der Waals surface area contributed by atoms with Gasteiger partial charge in [-0.1, -0.05) is 0 Å². The van der Waals surface area contributed by atoms with Gasteiger partial charge in [0.25, 0.3) is 0 Å². The molecule has 0 amide bonds. The summed E-state index contributed by atoms with van der Waals surface area (Å²) in [5.41, 5.74) is 0. The van der Waals surface area contributed by atoms with Crippen molar-refractivity contribution in [1.29, 1.82) is 0 Å². The number of terminal acetylenes is 1. The molecule has 0 aromatic heterocycles. The van der Waals surface area contributed by atoms with E-state index in [1.54, 1.807) is 0 Å². The average Bonchev–Trinajstić information content (AvgIpc) is 2.45. The molecule has 2 bridgehead atoms. The molecule has 1 nitrogen and oxygen atoms in total. The summed E-state index contributed by atoms with van der Waals surface area (Å²) in [4.78, 5) is 0. The van der Waals surface area contributed by atoms with Crippen LogP contribution in [0.15, 0.2) is 0 Å². The van der Waals surface area contributed by atoms with Gasteiger partial charge in [-0.05, 0) is 19.3 Å². The van der Waals surface area contributed by atoms with Gasteiger partial charge in [0.1, 0.15) is 0 Å². The molecule has 9 heavy (non-hydrogen) atoms. The molecule has 0 N–H and O–H groups in total. The number of ether oxygens (including phenoxy) is 1. The Hall–Kier alpha value is -0.480. The van der Waals surface area contributed by atoms with Gasteiger partial charge in [-0.2, -0.15) is 0 Å². The van der Waals surface area contributed by atoms with E-state index in [2.05, 4.69) is 5.92 Å². The minimum Gasteiger partial charge on any atom is -0.374 e. The highest BCUT2D eigenvalue weighted by Gasteiger charge is 2.39. The summed E-state index contributed by atoms with van der Waals surface area (Å²) in [7, 11) is 0. The second-order valence-electron chi connectivity index (χ2n) is 2.88. The Morgan fingerprint density at radius 3 is 2.67 bits per heavy atom. The molecular formula is C8H10O. The fraction of sp³-hybridized carbons (Fsp3) is 0.750. The summed E-state index contributed by atoms with van der Waals surface area (Å²) >= 11 is 0. The molecule has 2 heterocycles. The van der Waals surface area contributed by atoms with Crippen LogP contribution in [0.3, 0.4) is 0 Å². The summed E-state index contributed by atoms with van der Waals surface area (Å²) < 4.78 is 5.53. The molecule has 0 saturated carbocycles. The second kappa shape index (κ2) is 1.75. The van der Waals surface area contributed by atoms with Crippen molar-refractivity contribution in [2.45, 2.75) is 31.5 Å². The first-order valence-corrected chi connectivity index (χ1v) is 3.52. The van der Waals surface area contributed by atoms with Crippen LogP contribution in [0, 0.1) is 18.3 Å². The van der Waals surface area contributed by atoms with Crippen molar-refractivity contribution < 1.29 is 4.74 Å². The van der Waals surface area contributed by atoms with E-state index in [1.165, 1.54) is 12.8 Å². The third-order valence-electron chi connectivity index (χ3n) is 2.32. The van der Waals surface area contributed by atoms with Gasteiger partial charge in [0, 0.05) is 5.92 Å². The maximum atomic E-state index is 5.53. The van der Waals surface area contributed by atoms with Crippen LogP contribution >= 0.6 is 0 Å². The lowest BCUT2D eigenvalue weighted by atomic mass is 9.90. The minimum absolute atomic E-state index is 0.417. The maximum absolute atomic E-state index is 5.53. The van der Waals surface area contributed by atoms with Gasteiger partial charge < -0.3 is 4.74 Å². The normalized spacial score (nSPS) is 47.2. The monoisotopic (exact) mass is 122 g/mol. The van der Waals surface area contributed by atoms with E-state index in [1.807, 2.05) is 0 Å². The molecule has 2 aliphatic heterocycles. The molecule has 2 saturated heterocycles. The van der Waals surface area contributed by atoms with Crippen LogP contribution in [-0.2, 0) is 4.74 Å². The van der Waals surface area contributed by atoms with Crippen LogP contribution in [0.25, 0.3) is 0 Å². The summed E-state index contributed by atoms with van der Waals surface area (Å²) in [6, 6.07) is 0. The number of fused-ring (bicyclic) bond motifs is 2. The number of hydrogen-bond acceptors (Lipinski definition) is 1. The van der Waals surface area contributed by atoms with Gasteiger partial charge in [-0.15, -0.1) is 12.3 Å². The summed E-state index contributed by atoms with van der Waals surface area (Å²) in [6.45, 7) is 0. The fourth-order valence-corrected chi connectivity index (χ4v) is 1.81. The lowest BCUT2D eigenvalue weighted by molar-refractivity contribution is 0.0988. The molecule has 2 fully saturated rings. The quantitative estimate of drug-likeness (QED) is 0.438. The fourth-order valence-electron chi connectivity index (χ4n) is 1.81. The van der Waals surface area contributed by atoms with E-state index >= 15 is 0 Å². The van der Waals surface area contributed by atoms with Gasteiger partial charge in [0.05, 0.1) is 12.2 Å². The van der Waals surface area contributed by atoms with Gasteiger partial charge in [0.2, 0.25) is 0 Å². The van der Waals surface area contributed by atoms with E-state index in [-0.39, 0.29) is 0 Å². The molecule has 1 heteroatoms. The predicted octanol–water partition coefficient (Wildman–Crippen LogP) is 1.19. The Bertz CT molecular complexity index is 156. The van der Waals surface area contributed by atoms with E-state index in [0.717, 1.165) is 6.42 Å². The van der Waals surface area contributed by atoms with E-state index in [4.69, 9.17) is 11.2 Å². The number of rotatable bonds is 0. The van der Waals surface area contributed by atoms with Gasteiger partial charge in [-0.25, -0.2) is 0 Å². The Morgan fingerprint density at radius 2 is 2.33 bits per heavy atom. The topological polar surface area (TPSA) is 9.23 Å². The smallest absolute Gasteiger partial charge is 0.0718 e. The van der Waals surface area contributed by atoms with Gasteiger partial charge >= 0.3 is 0 Å².